The average molecular weight is 276 g/mol. The highest BCUT2D eigenvalue weighted by Gasteiger charge is 2.76. The van der Waals surface area contributed by atoms with E-state index in [2.05, 4.69) is 0 Å². The average Bonchev–Trinajstić information content (AvgIpc) is 2.10. The summed E-state index contributed by atoms with van der Waals surface area (Å²) in [6.07, 6.45) is -13.8. The van der Waals surface area contributed by atoms with Gasteiger partial charge in [0.05, 0.1) is 0 Å². The summed E-state index contributed by atoms with van der Waals surface area (Å²) in [6, 6.07) is 0. The first kappa shape index (κ1) is 15.6. The quantitative estimate of drug-likeness (QED) is 0.621. The Morgan fingerprint density at radius 1 is 0.824 bits per heavy atom. The minimum atomic E-state index is -6.90. The van der Waals surface area contributed by atoms with Gasteiger partial charge < -0.3 is 5.11 Å². The van der Waals surface area contributed by atoms with Gasteiger partial charge in [0.2, 0.25) is 5.83 Å². The number of halogens is 9. The van der Waals surface area contributed by atoms with Crippen LogP contribution in [0.2, 0.25) is 0 Å². The van der Waals surface area contributed by atoms with E-state index < -0.39 is 35.6 Å². The topological polar surface area (TPSA) is 37.3 Å². The standard InChI is InChI=1S/C6HF9O2/c7-1(3(16)17)2(8)4(9,5(10,11)12)6(13,14)15/h(H,16,17). The van der Waals surface area contributed by atoms with Crippen molar-refractivity contribution in [1.82, 2.24) is 0 Å². The predicted molar refractivity (Wildman–Crippen MR) is 32.8 cm³/mol. The Balaban J connectivity index is 6.04. The zero-order valence-electron chi connectivity index (χ0n) is 7.26. The summed E-state index contributed by atoms with van der Waals surface area (Å²) >= 11 is 0. The van der Waals surface area contributed by atoms with Crippen molar-refractivity contribution in [2.45, 2.75) is 18.0 Å². The summed E-state index contributed by atoms with van der Waals surface area (Å²) in [6.45, 7) is 0. The maximum atomic E-state index is 12.6. The molecule has 0 radical (unpaired) electrons. The summed E-state index contributed by atoms with van der Waals surface area (Å²) < 4.78 is 108. The molecule has 0 aromatic heterocycles. The second-order valence-electron chi connectivity index (χ2n) is 2.59. The number of carboxylic acids is 1. The van der Waals surface area contributed by atoms with E-state index in [-0.39, 0.29) is 0 Å². The number of hydrogen-bond donors (Lipinski definition) is 1. The molecule has 0 fully saturated rings. The van der Waals surface area contributed by atoms with E-state index in [0.717, 1.165) is 0 Å². The van der Waals surface area contributed by atoms with Crippen LogP contribution in [0.3, 0.4) is 0 Å². The van der Waals surface area contributed by atoms with Gasteiger partial charge in [0.25, 0.3) is 0 Å². The van der Waals surface area contributed by atoms with Gasteiger partial charge in [-0.25, -0.2) is 13.6 Å². The molecule has 0 spiro atoms. The molecule has 0 saturated carbocycles. The minimum Gasteiger partial charge on any atom is -0.476 e. The zero-order valence-corrected chi connectivity index (χ0v) is 7.26. The molecule has 17 heavy (non-hydrogen) atoms. The first-order chi connectivity index (χ1) is 7.26. The molecule has 0 amide bonds. The van der Waals surface area contributed by atoms with Gasteiger partial charge in [-0.15, -0.1) is 0 Å². The summed E-state index contributed by atoms with van der Waals surface area (Å²) in [7, 11) is 0. The normalized spacial score (nSPS) is 15.6. The van der Waals surface area contributed by atoms with Crippen molar-refractivity contribution in [2.75, 3.05) is 0 Å². The van der Waals surface area contributed by atoms with Crippen molar-refractivity contribution in [3.63, 3.8) is 0 Å². The lowest BCUT2D eigenvalue weighted by Crippen LogP contribution is -2.54. The number of hydrogen-bond acceptors (Lipinski definition) is 1. The molecule has 0 atom stereocenters. The van der Waals surface area contributed by atoms with Crippen molar-refractivity contribution in [1.29, 1.82) is 0 Å². The highest BCUT2D eigenvalue weighted by Crippen LogP contribution is 2.51. The van der Waals surface area contributed by atoms with Gasteiger partial charge in [0.15, 0.2) is 5.83 Å². The number of allylic oxidation sites excluding steroid dienone is 1. The van der Waals surface area contributed by atoms with Crippen molar-refractivity contribution in [3.8, 4) is 0 Å². The molecule has 0 unspecified atom stereocenters. The fraction of sp³-hybridized carbons (Fsp3) is 0.500. The summed E-state index contributed by atoms with van der Waals surface area (Å²) in [4.78, 5) is 9.67. The number of rotatable bonds is 2. The Morgan fingerprint density at radius 3 is 1.29 bits per heavy atom. The van der Waals surface area contributed by atoms with Crippen LogP contribution in [0.5, 0.6) is 0 Å². The molecule has 100 valence electrons. The summed E-state index contributed by atoms with van der Waals surface area (Å²) in [5.41, 5.74) is -6.71. The van der Waals surface area contributed by atoms with Crippen LogP contribution in [0.4, 0.5) is 39.5 Å². The highest BCUT2D eigenvalue weighted by molar-refractivity contribution is 5.85. The molecule has 0 heterocycles. The van der Waals surface area contributed by atoms with Gasteiger partial charge in [-0.2, -0.15) is 30.7 Å². The Bertz CT molecular complexity index is 335. The van der Waals surface area contributed by atoms with E-state index in [4.69, 9.17) is 5.11 Å². The Hall–Kier alpha value is -1.42. The van der Waals surface area contributed by atoms with Crippen molar-refractivity contribution < 1.29 is 49.4 Å². The molecule has 0 aromatic carbocycles. The molecule has 0 bridgehead atoms. The zero-order chi connectivity index (χ0) is 14.2. The third-order valence-corrected chi connectivity index (χ3v) is 1.46. The van der Waals surface area contributed by atoms with Crippen LogP contribution in [0.25, 0.3) is 0 Å². The fourth-order valence-corrected chi connectivity index (χ4v) is 0.655. The Morgan fingerprint density at radius 2 is 1.12 bits per heavy atom. The first-order valence-electron chi connectivity index (χ1n) is 3.38. The molecule has 0 rings (SSSR count). The van der Waals surface area contributed by atoms with E-state index in [9.17, 15) is 44.3 Å². The number of aliphatic carboxylic acids is 1. The van der Waals surface area contributed by atoms with Gasteiger partial charge in [-0.1, -0.05) is 0 Å². The molecular weight excluding hydrogens is 275 g/mol. The lowest BCUT2D eigenvalue weighted by Gasteiger charge is -2.28. The lowest BCUT2D eigenvalue weighted by atomic mass is 10.0. The van der Waals surface area contributed by atoms with Crippen LogP contribution in [0.1, 0.15) is 0 Å². The van der Waals surface area contributed by atoms with Gasteiger partial charge in [0, 0.05) is 0 Å². The maximum Gasteiger partial charge on any atom is 0.438 e. The molecule has 2 nitrogen and oxygen atoms in total. The number of carbonyl (C=O) groups is 1. The van der Waals surface area contributed by atoms with Gasteiger partial charge in [-0.05, 0) is 0 Å². The van der Waals surface area contributed by atoms with Crippen LogP contribution in [0, 0.1) is 0 Å². The van der Waals surface area contributed by atoms with Crippen LogP contribution >= 0.6 is 0 Å². The molecule has 0 saturated heterocycles. The van der Waals surface area contributed by atoms with E-state index in [1.165, 1.54) is 0 Å². The largest absolute Gasteiger partial charge is 0.476 e. The van der Waals surface area contributed by atoms with E-state index >= 15 is 0 Å². The number of carboxylic acid groups (broad SMARTS) is 1. The molecule has 1 N–H and O–H groups in total. The third kappa shape index (κ3) is 2.47. The monoisotopic (exact) mass is 276 g/mol. The van der Waals surface area contributed by atoms with Crippen molar-refractivity contribution in [3.05, 3.63) is 11.7 Å². The molecule has 0 aliphatic rings. The molecule has 0 aromatic rings. The van der Waals surface area contributed by atoms with Crippen LogP contribution in [-0.2, 0) is 4.79 Å². The first-order valence-corrected chi connectivity index (χ1v) is 3.38. The van der Waals surface area contributed by atoms with Crippen LogP contribution < -0.4 is 0 Å². The molecular formula is C6HF9O2. The second kappa shape index (κ2) is 4.11. The minimum absolute atomic E-state index is 3.10. The Kier molecular flexibility index (Phi) is 3.77. The third-order valence-electron chi connectivity index (χ3n) is 1.46. The molecule has 11 heteroatoms. The number of alkyl halides is 7. The summed E-state index contributed by atoms with van der Waals surface area (Å²) in [5.74, 6) is -10.7. The maximum absolute atomic E-state index is 12.6. The van der Waals surface area contributed by atoms with E-state index in [1.807, 2.05) is 0 Å². The SMILES string of the molecule is O=C(O)C(F)=C(F)C(F)(C(F)(F)F)C(F)(F)F. The lowest BCUT2D eigenvalue weighted by molar-refractivity contribution is -0.331. The smallest absolute Gasteiger partial charge is 0.438 e. The highest BCUT2D eigenvalue weighted by atomic mass is 19.4. The second-order valence-corrected chi connectivity index (χ2v) is 2.59. The van der Waals surface area contributed by atoms with Gasteiger partial charge in [0.1, 0.15) is 0 Å². The predicted octanol–water partition coefficient (Wildman–Crippen LogP) is 3.05. The molecule has 0 aliphatic heterocycles. The molecule has 0 aliphatic carbocycles. The van der Waals surface area contributed by atoms with E-state index in [0.29, 0.717) is 0 Å². The van der Waals surface area contributed by atoms with Crippen LogP contribution in [0.15, 0.2) is 11.7 Å². The van der Waals surface area contributed by atoms with Crippen molar-refractivity contribution in [2.24, 2.45) is 0 Å². The summed E-state index contributed by atoms with van der Waals surface area (Å²) in [5, 5.41) is 7.67. The van der Waals surface area contributed by atoms with E-state index in [1.54, 1.807) is 0 Å². The Labute approximate surface area is 86.3 Å². The fourth-order valence-electron chi connectivity index (χ4n) is 0.655. The van der Waals surface area contributed by atoms with Crippen LogP contribution in [-0.4, -0.2) is 29.1 Å². The van der Waals surface area contributed by atoms with Gasteiger partial charge in [-0.3, -0.25) is 0 Å². The van der Waals surface area contributed by atoms with Crippen molar-refractivity contribution >= 4 is 5.97 Å². The van der Waals surface area contributed by atoms with Gasteiger partial charge >= 0.3 is 24.0 Å².